The van der Waals surface area contributed by atoms with Gasteiger partial charge in [0.1, 0.15) is 0 Å². The molecular weight excluding hydrogens is 592 g/mol. The summed E-state index contributed by atoms with van der Waals surface area (Å²) in [5.74, 6) is 2.38. The molecule has 0 aliphatic heterocycles. The standard InChI is InChI=1S/2C21H18N2O/c2*24-21-16-11-15(16)12-18-19(21)17(10-13-4-2-1-3-5-13)20(23-18)14-6-8-22-9-7-14/h2*1-9,15-16,23H,10-12H2/t2*15-,16-/m10/s1. The third-order valence-electron chi connectivity index (χ3n) is 10.7. The van der Waals surface area contributed by atoms with E-state index in [1.807, 2.05) is 36.4 Å². The molecule has 4 aliphatic rings. The first-order valence-corrected chi connectivity index (χ1v) is 17.1. The zero-order chi connectivity index (χ0) is 32.2. The Kier molecular flexibility index (Phi) is 7.03. The molecule has 0 amide bonds. The minimum absolute atomic E-state index is 0.271. The predicted molar refractivity (Wildman–Crippen MR) is 186 cm³/mol. The molecule has 4 heterocycles. The number of ketones is 2. The van der Waals surface area contributed by atoms with Crippen LogP contribution in [0.15, 0.2) is 110 Å². The maximum atomic E-state index is 12.9. The van der Waals surface area contributed by atoms with Gasteiger partial charge in [-0.3, -0.25) is 19.6 Å². The monoisotopic (exact) mass is 628 g/mol. The van der Waals surface area contributed by atoms with E-state index in [0.717, 1.165) is 94.7 Å². The summed E-state index contributed by atoms with van der Waals surface area (Å²) in [7, 11) is 0. The van der Waals surface area contributed by atoms with E-state index in [2.05, 4.69) is 68.5 Å². The number of rotatable bonds is 6. The third kappa shape index (κ3) is 5.22. The number of hydrogen-bond donors (Lipinski definition) is 2. The maximum Gasteiger partial charge on any atom is 0.168 e. The lowest BCUT2D eigenvalue weighted by atomic mass is 9.90. The van der Waals surface area contributed by atoms with E-state index in [1.54, 1.807) is 24.8 Å². The molecule has 2 fully saturated rings. The van der Waals surface area contributed by atoms with Crippen molar-refractivity contribution in [3.63, 3.8) is 0 Å². The van der Waals surface area contributed by atoms with Crippen LogP contribution in [0.5, 0.6) is 0 Å². The molecule has 2 saturated carbocycles. The molecule has 236 valence electrons. The highest BCUT2D eigenvalue weighted by Gasteiger charge is 2.50. The quantitative estimate of drug-likeness (QED) is 0.195. The fourth-order valence-corrected chi connectivity index (χ4v) is 8.06. The molecule has 10 rings (SSSR count). The zero-order valence-electron chi connectivity index (χ0n) is 26.7. The number of nitrogens with one attached hydrogen (secondary N) is 2. The maximum absolute atomic E-state index is 12.9. The van der Waals surface area contributed by atoms with Crippen molar-refractivity contribution >= 4 is 11.6 Å². The molecule has 2 aromatic carbocycles. The summed E-state index contributed by atoms with van der Waals surface area (Å²) in [6, 6.07) is 28.8. The van der Waals surface area contributed by atoms with Crippen LogP contribution in [0.2, 0.25) is 0 Å². The fraction of sp³-hybridized carbons (Fsp3) is 0.238. The summed E-state index contributed by atoms with van der Waals surface area (Å²) < 4.78 is 0. The lowest BCUT2D eigenvalue weighted by Gasteiger charge is -2.12. The molecule has 0 unspecified atom stereocenters. The Morgan fingerprint density at radius 1 is 0.542 bits per heavy atom. The Hall–Kier alpha value is -5.36. The van der Waals surface area contributed by atoms with Gasteiger partial charge >= 0.3 is 0 Å². The molecular formula is C42H36N4O2. The van der Waals surface area contributed by atoms with Gasteiger partial charge in [-0.2, -0.15) is 0 Å². The van der Waals surface area contributed by atoms with Crippen LogP contribution < -0.4 is 0 Å². The van der Waals surface area contributed by atoms with Crippen LogP contribution in [0.3, 0.4) is 0 Å². The van der Waals surface area contributed by atoms with Gasteiger partial charge in [-0.15, -0.1) is 0 Å². The fourth-order valence-electron chi connectivity index (χ4n) is 8.06. The number of carbonyl (C=O) groups is 2. The van der Waals surface area contributed by atoms with E-state index in [0.29, 0.717) is 23.4 Å². The van der Waals surface area contributed by atoms with Crippen LogP contribution in [-0.2, 0) is 25.7 Å². The molecule has 4 aliphatic carbocycles. The van der Waals surface area contributed by atoms with Gasteiger partial charge in [-0.1, -0.05) is 60.7 Å². The van der Waals surface area contributed by atoms with Gasteiger partial charge in [0.2, 0.25) is 0 Å². The molecule has 0 saturated heterocycles. The molecule has 6 heteroatoms. The van der Waals surface area contributed by atoms with Gasteiger partial charge in [-0.05, 0) is 84.0 Å². The number of aromatic nitrogens is 4. The number of H-pyrrole nitrogens is 2. The van der Waals surface area contributed by atoms with Crippen LogP contribution in [0.25, 0.3) is 22.5 Å². The molecule has 6 aromatic rings. The lowest BCUT2D eigenvalue weighted by molar-refractivity contribution is 0.0945. The summed E-state index contributed by atoms with van der Waals surface area (Å²) >= 11 is 0. The first-order valence-electron chi connectivity index (χ1n) is 17.1. The largest absolute Gasteiger partial charge is 0.358 e. The highest BCUT2D eigenvalue weighted by Crippen LogP contribution is 2.51. The summed E-state index contributed by atoms with van der Waals surface area (Å²) in [5.41, 5.74) is 13.3. The Bertz CT molecular complexity index is 1980. The van der Waals surface area contributed by atoms with Crippen molar-refractivity contribution in [2.75, 3.05) is 0 Å². The van der Waals surface area contributed by atoms with E-state index in [-0.39, 0.29) is 11.8 Å². The smallest absolute Gasteiger partial charge is 0.168 e. The predicted octanol–water partition coefficient (Wildman–Crippen LogP) is 8.08. The minimum atomic E-state index is 0.271. The minimum Gasteiger partial charge on any atom is -0.358 e. The topological polar surface area (TPSA) is 91.5 Å². The SMILES string of the molecule is O=C1c2c([nH]c(-c3ccncc3)c2Cc2ccccc2)C[C@@H]2C[C@H]12.O=C1c2c([nH]c(-c3ccncc3)c2Cc2ccccc2)C[C@H]2C[C@@H]12. The Labute approximate surface area is 279 Å². The summed E-state index contributed by atoms with van der Waals surface area (Å²) in [6.45, 7) is 0. The summed E-state index contributed by atoms with van der Waals surface area (Å²) in [5, 5.41) is 0. The number of hydrogen-bond acceptors (Lipinski definition) is 4. The molecule has 2 N–H and O–H groups in total. The Morgan fingerprint density at radius 3 is 1.33 bits per heavy atom. The molecule has 0 spiro atoms. The second kappa shape index (κ2) is 11.7. The number of Topliss-reactive ketones (excluding diaryl/α,β-unsaturated/α-hetero) is 2. The van der Waals surface area contributed by atoms with Crippen molar-refractivity contribution in [2.45, 2.75) is 38.5 Å². The van der Waals surface area contributed by atoms with E-state index < -0.39 is 0 Å². The second-order valence-corrected chi connectivity index (χ2v) is 13.8. The molecule has 48 heavy (non-hydrogen) atoms. The molecule has 6 nitrogen and oxygen atoms in total. The van der Waals surface area contributed by atoms with Gasteiger partial charge in [-0.25, -0.2) is 0 Å². The van der Waals surface area contributed by atoms with Crippen molar-refractivity contribution in [2.24, 2.45) is 23.7 Å². The number of benzene rings is 2. The number of carbonyl (C=O) groups excluding carboxylic acids is 2. The van der Waals surface area contributed by atoms with Gasteiger partial charge in [0.25, 0.3) is 0 Å². The van der Waals surface area contributed by atoms with Crippen molar-refractivity contribution in [1.29, 1.82) is 0 Å². The van der Waals surface area contributed by atoms with Crippen molar-refractivity contribution in [3.05, 3.63) is 154 Å². The highest BCUT2D eigenvalue weighted by molar-refractivity contribution is 6.05. The van der Waals surface area contributed by atoms with Crippen molar-refractivity contribution < 1.29 is 9.59 Å². The van der Waals surface area contributed by atoms with Gasteiger partial charge < -0.3 is 9.97 Å². The average Bonchev–Trinajstić information content (AvgIpc) is 4.03. The number of fused-ring (bicyclic) bond motifs is 4. The average molecular weight is 629 g/mol. The van der Waals surface area contributed by atoms with Crippen molar-refractivity contribution in [3.8, 4) is 22.5 Å². The second-order valence-electron chi connectivity index (χ2n) is 13.8. The van der Waals surface area contributed by atoms with E-state index in [4.69, 9.17) is 0 Å². The van der Waals surface area contributed by atoms with E-state index in [9.17, 15) is 9.59 Å². The van der Waals surface area contributed by atoms with Gasteiger partial charge in [0.15, 0.2) is 11.6 Å². The number of pyridine rings is 2. The normalized spacial score (nSPS) is 21.2. The van der Waals surface area contributed by atoms with E-state index >= 15 is 0 Å². The van der Waals surface area contributed by atoms with Gasteiger partial charge in [0.05, 0.1) is 11.4 Å². The van der Waals surface area contributed by atoms with Crippen LogP contribution >= 0.6 is 0 Å². The number of aromatic amines is 2. The number of nitrogens with zero attached hydrogens (tertiary/aromatic N) is 2. The molecule has 4 atom stereocenters. The van der Waals surface area contributed by atoms with Crippen molar-refractivity contribution in [1.82, 2.24) is 19.9 Å². The Balaban J connectivity index is 0.000000131. The highest BCUT2D eigenvalue weighted by atomic mass is 16.1. The third-order valence-corrected chi connectivity index (χ3v) is 10.7. The molecule has 0 bridgehead atoms. The Morgan fingerprint density at radius 2 is 0.938 bits per heavy atom. The lowest BCUT2D eigenvalue weighted by Crippen LogP contribution is -2.14. The van der Waals surface area contributed by atoms with Crippen LogP contribution in [0, 0.1) is 23.7 Å². The first kappa shape index (κ1) is 28.8. The summed E-state index contributed by atoms with van der Waals surface area (Å²) in [6.07, 6.45) is 13.0. The molecule has 0 radical (unpaired) electrons. The van der Waals surface area contributed by atoms with Gasteiger partial charge in [0, 0.05) is 83.1 Å². The summed E-state index contributed by atoms with van der Waals surface area (Å²) in [4.78, 5) is 41.2. The molecule has 4 aromatic heterocycles. The van der Waals surface area contributed by atoms with Crippen LogP contribution in [0.4, 0.5) is 0 Å². The van der Waals surface area contributed by atoms with Crippen LogP contribution in [0.1, 0.15) is 67.2 Å². The van der Waals surface area contributed by atoms with E-state index in [1.165, 1.54) is 11.1 Å². The zero-order valence-corrected chi connectivity index (χ0v) is 26.7. The first-order chi connectivity index (χ1) is 23.6. The van der Waals surface area contributed by atoms with Crippen LogP contribution in [-0.4, -0.2) is 31.5 Å².